The van der Waals surface area contributed by atoms with E-state index in [1.165, 1.54) is 6.92 Å². The number of carbonyl (C=O) groups is 3. The van der Waals surface area contributed by atoms with Crippen molar-refractivity contribution in [1.29, 1.82) is 0 Å². The average Bonchev–Trinajstić information content (AvgIpc) is 2.88. The van der Waals surface area contributed by atoms with Crippen molar-refractivity contribution in [3.63, 3.8) is 0 Å². The lowest BCUT2D eigenvalue weighted by atomic mass is 9.82. The number of rotatable bonds is 4. The minimum absolute atomic E-state index is 0.0458. The molecule has 1 aliphatic carbocycles. The Bertz CT molecular complexity index is 421. The van der Waals surface area contributed by atoms with Crippen LogP contribution < -0.4 is 5.32 Å². The van der Waals surface area contributed by atoms with Gasteiger partial charge in [-0.15, -0.1) is 0 Å². The van der Waals surface area contributed by atoms with Gasteiger partial charge in [-0.25, -0.2) is 0 Å². The molecule has 1 aliphatic heterocycles. The van der Waals surface area contributed by atoms with E-state index in [2.05, 4.69) is 5.32 Å². The number of carbonyl (C=O) groups excluding carboxylic acids is 2. The van der Waals surface area contributed by atoms with Gasteiger partial charge in [-0.1, -0.05) is 12.8 Å². The summed E-state index contributed by atoms with van der Waals surface area (Å²) in [6.07, 6.45) is 4.60. The van der Waals surface area contributed by atoms with Crippen LogP contribution in [-0.4, -0.2) is 46.9 Å². The molecule has 1 heterocycles. The van der Waals surface area contributed by atoms with Gasteiger partial charge in [-0.3, -0.25) is 14.4 Å². The molecular formula is C15H24N2O4. The topological polar surface area (TPSA) is 86.7 Å². The Morgan fingerprint density at radius 3 is 2.24 bits per heavy atom. The highest BCUT2D eigenvalue weighted by Gasteiger charge is 2.44. The molecule has 0 aromatic rings. The maximum atomic E-state index is 12.4. The van der Waals surface area contributed by atoms with Gasteiger partial charge in [0.15, 0.2) is 0 Å². The second kappa shape index (κ2) is 6.45. The minimum Gasteiger partial charge on any atom is -0.481 e. The van der Waals surface area contributed by atoms with Crippen molar-refractivity contribution in [1.82, 2.24) is 10.2 Å². The summed E-state index contributed by atoms with van der Waals surface area (Å²) in [4.78, 5) is 36.6. The second-order valence-corrected chi connectivity index (χ2v) is 6.32. The largest absolute Gasteiger partial charge is 0.481 e. The molecule has 118 valence electrons. The Morgan fingerprint density at radius 2 is 1.76 bits per heavy atom. The smallest absolute Gasteiger partial charge is 0.310 e. The summed E-state index contributed by atoms with van der Waals surface area (Å²) in [7, 11) is 0. The van der Waals surface area contributed by atoms with Gasteiger partial charge in [0.1, 0.15) is 0 Å². The zero-order valence-corrected chi connectivity index (χ0v) is 12.6. The van der Waals surface area contributed by atoms with E-state index in [9.17, 15) is 19.5 Å². The number of carboxylic acid groups (broad SMARTS) is 1. The lowest BCUT2D eigenvalue weighted by molar-refractivity contribution is -0.153. The van der Waals surface area contributed by atoms with Gasteiger partial charge in [0.2, 0.25) is 11.8 Å². The van der Waals surface area contributed by atoms with Crippen LogP contribution in [0.5, 0.6) is 0 Å². The number of carboxylic acids is 1. The predicted molar refractivity (Wildman–Crippen MR) is 76.6 cm³/mol. The molecule has 0 spiro atoms. The number of hydrogen-bond donors (Lipinski definition) is 2. The highest BCUT2D eigenvalue weighted by molar-refractivity contribution is 5.85. The first-order valence-electron chi connectivity index (χ1n) is 7.71. The molecule has 1 saturated carbocycles. The van der Waals surface area contributed by atoms with Crippen LogP contribution in [0, 0.1) is 5.41 Å². The van der Waals surface area contributed by atoms with Crippen molar-refractivity contribution >= 4 is 17.8 Å². The van der Waals surface area contributed by atoms with Gasteiger partial charge in [0.05, 0.1) is 5.41 Å². The zero-order valence-electron chi connectivity index (χ0n) is 12.6. The summed E-state index contributed by atoms with van der Waals surface area (Å²) in [5.74, 6) is -0.933. The van der Waals surface area contributed by atoms with Gasteiger partial charge in [0, 0.05) is 32.5 Å². The molecule has 0 bridgehead atoms. The van der Waals surface area contributed by atoms with E-state index in [4.69, 9.17) is 0 Å². The average molecular weight is 296 g/mol. The number of piperidine rings is 1. The van der Waals surface area contributed by atoms with E-state index in [0.717, 1.165) is 25.7 Å². The van der Waals surface area contributed by atoms with Crippen LogP contribution in [0.25, 0.3) is 0 Å². The minimum atomic E-state index is -0.842. The summed E-state index contributed by atoms with van der Waals surface area (Å²) in [6.45, 7) is 2.69. The van der Waals surface area contributed by atoms with Crippen molar-refractivity contribution in [3.05, 3.63) is 0 Å². The second-order valence-electron chi connectivity index (χ2n) is 6.32. The summed E-state index contributed by atoms with van der Waals surface area (Å²) in [5, 5.41) is 12.3. The van der Waals surface area contributed by atoms with Crippen LogP contribution in [0.3, 0.4) is 0 Å². The maximum Gasteiger partial charge on any atom is 0.310 e. The SMILES string of the molecule is CC(=O)NC1CCN(C(=O)CC2(C(=O)O)CCCC2)CC1. The van der Waals surface area contributed by atoms with Crippen LogP contribution in [0.4, 0.5) is 0 Å². The zero-order chi connectivity index (χ0) is 15.5. The normalized spacial score (nSPS) is 22.0. The summed E-state index contributed by atoms with van der Waals surface area (Å²) >= 11 is 0. The van der Waals surface area contributed by atoms with Crippen LogP contribution in [0.2, 0.25) is 0 Å². The fourth-order valence-corrected chi connectivity index (χ4v) is 3.48. The van der Waals surface area contributed by atoms with Crippen LogP contribution in [-0.2, 0) is 14.4 Å². The molecule has 2 rings (SSSR count). The highest BCUT2D eigenvalue weighted by Crippen LogP contribution is 2.41. The number of amides is 2. The molecule has 0 unspecified atom stereocenters. The lowest BCUT2D eigenvalue weighted by Gasteiger charge is -2.34. The Morgan fingerprint density at radius 1 is 1.19 bits per heavy atom. The predicted octanol–water partition coefficient (Wildman–Crippen LogP) is 1.15. The van der Waals surface area contributed by atoms with Crippen LogP contribution in [0.15, 0.2) is 0 Å². The number of nitrogens with one attached hydrogen (secondary N) is 1. The van der Waals surface area contributed by atoms with E-state index in [1.54, 1.807) is 4.90 Å². The molecule has 21 heavy (non-hydrogen) atoms. The van der Waals surface area contributed by atoms with Crippen molar-refractivity contribution in [2.75, 3.05) is 13.1 Å². The first-order valence-corrected chi connectivity index (χ1v) is 7.71. The summed E-state index contributed by atoms with van der Waals surface area (Å²) in [5.41, 5.74) is -0.842. The lowest BCUT2D eigenvalue weighted by Crippen LogP contribution is -2.47. The highest BCUT2D eigenvalue weighted by atomic mass is 16.4. The molecule has 1 saturated heterocycles. The van der Waals surface area contributed by atoms with E-state index < -0.39 is 11.4 Å². The van der Waals surface area contributed by atoms with Crippen molar-refractivity contribution in [2.24, 2.45) is 5.41 Å². The van der Waals surface area contributed by atoms with E-state index in [0.29, 0.717) is 25.9 Å². The molecule has 0 aromatic carbocycles. The molecule has 2 aliphatic rings. The Kier molecular flexibility index (Phi) is 4.85. The molecular weight excluding hydrogens is 272 g/mol. The van der Waals surface area contributed by atoms with E-state index >= 15 is 0 Å². The Hall–Kier alpha value is -1.59. The fourth-order valence-electron chi connectivity index (χ4n) is 3.48. The van der Waals surface area contributed by atoms with Crippen molar-refractivity contribution in [2.45, 2.75) is 57.9 Å². The molecule has 6 nitrogen and oxygen atoms in total. The van der Waals surface area contributed by atoms with Gasteiger partial charge in [-0.2, -0.15) is 0 Å². The molecule has 0 radical (unpaired) electrons. The van der Waals surface area contributed by atoms with Crippen LogP contribution in [0.1, 0.15) is 51.9 Å². The molecule has 2 amide bonds. The Labute approximate surface area is 124 Å². The van der Waals surface area contributed by atoms with E-state index in [1.807, 2.05) is 0 Å². The molecule has 0 atom stereocenters. The first-order chi connectivity index (χ1) is 9.93. The standard InChI is InChI=1S/C15H24N2O4/c1-11(18)16-12-4-8-17(9-5-12)13(19)10-15(14(20)21)6-2-3-7-15/h12H,2-10H2,1H3,(H,16,18)(H,20,21). The molecule has 6 heteroatoms. The number of aliphatic carboxylic acids is 1. The fraction of sp³-hybridized carbons (Fsp3) is 0.800. The van der Waals surface area contributed by atoms with Gasteiger partial charge in [0.25, 0.3) is 0 Å². The maximum absolute atomic E-state index is 12.4. The monoisotopic (exact) mass is 296 g/mol. The quantitative estimate of drug-likeness (QED) is 0.814. The van der Waals surface area contributed by atoms with Crippen molar-refractivity contribution in [3.8, 4) is 0 Å². The van der Waals surface area contributed by atoms with Crippen LogP contribution >= 0.6 is 0 Å². The molecule has 2 fully saturated rings. The number of nitrogens with zero attached hydrogens (tertiary/aromatic N) is 1. The first kappa shape index (κ1) is 15.8. The summed E-state index contributed by atoms with van der Waals surface area (Å²) < 4.78 is 0. The third-order valence-corrected chi connectivity index (χ3v) is 4.76. The van der Waals surface area contributed by atoms with Gasteiger partial charge < -0.3 is 15.3 Å². The molecule has 2 N–H and O–H groups in total. The van der Waals surface area contributed by atoms with Gasteiger partial charge in [-0.05, 0) is 25.7 Å². The summed E-state index contributed by atoms with van der Waals surface area (Å²) in [6, 6.07) is 0.131. The van der Waals surface area contributed by atoms with Gasteiger partial charge >= 0.3 is 5.97 Å². The third kappa shape index (κ3) is 3.74. The van der Waals surface area contributed by atoms with Crippen molar-refractivity contribution < 1.29 is 19.5 Å². The molecule has 0 aromatic heterocycles. The Balaban J connectivity index is 1.87. The third-order valence-electron chi connectivity index (χ3n) is 4.76. The van der Waals surface area contributed by atoms with E-state index in [-0.39, 0.29) is 24.3 Å². The number of hydrogen-bond acceptors (Lipinski definition) is 3. The number of likely N-dealkylation sites (tertiary alicyclic amines) is 1.